The number of hydrogen-bond acceptors (Lipinski definition) is 2. The summed E-state index contributed by atoms with van der Waals surface area (Å²) in [5, 5.41) is 9.79. The van der Waals surface area contributed by atoms with E-state index in [-0.39, 0.29) is 25.3 Å². The van der Waals surface area contributed by atoms with E-state index < -0.39 is 24.1 Å². The van der Waals surface area contributed by atoms with Crippen molar-refractivity contribution in [3.05, 3.63) is 34.9 Å². The first-order chi connectivity index (χ1) is 10.4. The number of amides is 1. The lowest BCUT2D eigenvalue weighted by Gasteiger charge is -2.36. The van der Waals surface area contributed by atoms with Crippen LogP contribution in [0.1, 0.15) is 37.7 Å². The number of carboxylic acids is 1. The molecule has 22 heavy (non-hydrogen) atoms. The molecule has 1 saturated heterocycles. The topological polar surface area (TPSA) is 57.6 Å². The van der Waals surface area contributed by atoms with Gasteiger partial charge >= 0.3 is 5.97 Å². The van der Waals surface area contributed by atoms with E-state index in [0.717, 1.165) is 5.56 Å². The fourth-order valence-corrected chi connectivity index (χ4v) is 3.10. The minimum absolute atomic E-state index is 0.147. The Hall–Kier alpha value is -1.62. The lowest BCUT2D eigenvalue weighted by atomic mass is 9.92. The molecule has 1 heterocycles. The summed E-state index contributed by atoms with van der Waals surface area (Å²) in [7, 11) is 0. The highest BCUT2D eigenvalue weighted by atomic mass is 35.5. The number of halogens is 2. The molecule has 0 spiro atoms. The van der Waals surface area contributed by atoms with E-state index in [1.807, 2.05) is 6.92 Å². The fraction of sp³-hybridized carbons (Fsp3) is 0.500. The van der Waals surface area contributed by atoms with Gasteiger partial charge in [0.15, 0.2) is 0 Å². The zero-order valence-corrected chi connectivity index (χ0v) is 13.1. The van der Waals surface area contributed by atoms with Crippen LogP contribution in [0.3, 0.4) is 0 Å². The third-order valence-electron chi connectivity index (χ3n) is 4.05. The summed E-state index contributed by atoms with van der Waals surface area (Å²) >= 11 is 5.96. The fourth-order valence-electron chi connectivity index (χ4n) is 2.90. The largest absolute Gasteiger partial charge is 0.480 e. The maximum absolute atomic E-state index is 13.7. The minimum atomic E-state index is -1.17. The molecule has 1 aromatic rings. The summed E-state index contributed by atoms with van der Waals surface area (Å²) in [6, 6.07) is 5.98. The Balaban J connectivity index is 2.27. The second-order valence-electron chi connectivity index (χ2n) is 5.54. The summed E-state index contributed by atoms with van der Waals surface area (Å²) in [4.78, 5) is 25.3. The molecule has 0 aromatic heterocycles. The maximum Gasteiger partial charge on any atom is 0.326 e. The van der Waals surface area contributed by atoms with Crippen molar-refractivity contribution in [1.82, 2.24) is 4.90 Å². The predicted molar refractivity (Wildman–Crippen MR) is 81.8 cm³/mol. The second kappa shape index (κ2) is 7.09. The van der Waals surface area contributed by atoms with Gasteiger partial charge in [0.1, 0.15) is 12.2 Å². The Morgan fingerprint density at radius 3 is 2.77 bits per heavy atom. The van der Waals surface area contributed by atoms with E-state index in [1.54, 1.807) is 24.3 Å². The van der Waals surface area contributed by atoms with Gasteiger partial charge < -0.3 is 10.0 Å². The Morgan fingerprint density at radius 1 is 1.45 bits per heavy atom. The van der Waals surface area contributed by atoms with Crippen LogP contribution in [0.5, 0.6) is 0 Å². The van der Waals surface area contributed by atoms with Crippen molar-refractivity contribution in [3.63, 3.8) is 0 Å². The highest BCUT2D eigenvalue weighted by Gasteiger charge is 2.38. The number of carbonyl (C=O) groups excluding carboxylic acids is 1. The smallest absolute Gasteiger partial charge is 0.326 e. The highest BCUT2D eigenvalue weighted by Crippen LogP contribution is 2.29. The summed E-state index contributed by atoms with van der Waals surface area (Å²) in [5.41, 5.74) is 0.727. The standard InChI is InChI=1S/C16H19ClFNO3/c1-2-13(10-4-3-5-11(17)8-10)15(20)19-9-12(18)6-7-14(19)16(21)22/h3-5,8,12-14H,2,6-7,9H2,1H3,(H,21,22). The molecule has 4 nitrogen and oxygen atoms in total. The van der Waals surface area contributed by atoms with Crippen LogP contribution >= 0.6 is 11.6 Å². The number of nitrogens with zero attached hydrogens (tertiary/aromatic N) is 1. The van der Waals surface area contributed by atoms with Crippen LogP contribution in [-0.4, -0.2) is 40.6 Å². The Labute approximate surface area is 133 Å². The molecule has 120 valence electrons. The Bertz CT molecular complexity index is 566. The van der Waals surface area contributed by atoms with Crippen LogP contribution in [0.25, 0.3) is 0 Å². The number of aliphatic carboxylic acids is 1. The van der Waals surface area contributed by atoms with E-state index in [4.69, 9.17) is 11.6 Å². The predicted octanol–water partition coefficient (Wildman–Crippen LogP) is 3.25. The molecule has 0 radical (unpaired) electrons. The van der Waals surface area contributed by atoms with Crippen LogP contribution in [0.4, 0.5) is 4.39 Å². The van der Waals surface area contributed by atoms with Crippen molar-refractivity contribution in [2.45, 2.75) is 44.3 Å². The molecule has 3 unspecified atom stereocenters. The van der Waals surface area contributed by atoms with Crippen molar-refractivity contribution < 1.29 is 19.1 Å². The number of carboxylic acid groups (broad SMARTS) is 1. The number of carbonyl (C=O) groups is 2. The van der Waals surface area contributed by atoms with Crippen LogP contribution in [-0.2, 0) is 9.59 Å². The zero-order chi connectivity index (χ0) is 16.3. The van der Waals surface area contributed by atoms with Gasteiger partial charge in [0, 0.05) is 5.02 Å². The third kappa shape index (κ3) is 3.58. The van der Waals surface area contributed by atoms with Gasteiger partial charge in [-0.1, -0.05) is 30.7 Å². The van der Waals surface area contributed by atoms with Crippen molar-refractivity contribution in [2.24, 2.45) is 0 Å². The number of likely N-dealkylation sites (tertiary alicyclic amines) is 1. The molecular formula is C16H19ClFNO3. The third-order valence-corrected chi connectivity index (χ3v) is 4.28. The van der Waals surface area contributed by atoms with E-state index in [0.29, 0.717) is 11.4 Å². The van der Waals surface area contributed by atoms with Crippen LogP contribution < -0.4 is 0 Å². The van der Waals surface area contributed by atoms with E-state index in [1.165, 1.54) is 4.90 Å². The van der Waals surface area contributed by atoms with Gasteiger partial charge in [-0.3, -0.25) is 4.79 Å². The molecule has 1 aliphatic heterocycles. The summed E-state index contributed by atoms with van der Waals surface area (Å²) < 4.78 is 13.7. The van der Waals surface area contributed by atoms with Crippen molar-refractivity contribution in [3.8, 4) is 0 Å². The van der Waals surface area contributed by atoms with E-state index in [9.17, 15) is 19.1 Å². The van der Waals surface area contributed by atoms with Gasteiger partial charge in [0.25, 0.3) is 0 Å². The molecule has 6 heteroatoms. The number of piperidine rings is 1. The quantitative estimate of drug-likeness (QED) is 0.923. The molecule has 1 amide bonds. The zero-order valence-electron chi connectivity index (χ0n) is 12.3. The molecule has 1 aliphatic rings. The molecule has 3 atom stereocenters. The summed E-state index contributed by atoms with van der Waals surface area (Å²) in [5.74, 6) is -1.94. The molecule has 0 saturated carbocycles. The van der Waals surface area contributed by atoms with Crippen LogP contribution in [0.2, 0.25) is 5.02 Å². The molecule has 1 N–H and O–H groups in total. The van der Waals surface area contributed by atoms with E-state index in [2.05, 4.69) is 0 Å². The maximum atomic E-state index is 13.7. The molecule has 2 rings (SSSR count). The Kier molecular flexibility index (Phi) is 5.40. The lowest BCUT2D eigenvalue weighted by molar-refractivity contribution is -0.154. The van der Waals surface area contributed by atoms with E-state index >= 15 is 0 Å². The normalized spacial score (nSPS) is 23.1. The van der Waals surface area contributed by atoms with Gasteiger partial charge in [0.05, 0.1) is 12.5 Å². The second-order valence-corrected chi connectivity index (χ2v) is 5.97. The highest BCUT2D eigenvalue weighted by molar-refractivity contribution is 6.30. The van der Waals surface area contributed by atoms with Gasteiger partial charge in [-0.15, -0.1) is 0 Å². The summed E-state index contributed by atoms with van der Waals surface area (Å²) in [6.07, 6.45) is -0.349. The van der Waals surface area contributed by atoms with Crippen molar-refractivity contribution >= 4 is 23.5 Å². The molecule has 0 aliphatic carbocycles. The molecule has 0 bridgehead atoms. The van der Waals surface area contributed by atoms with Gasteiger partial charge in [-0.25, -0.2) is 9.18 Å². The first-order valence-corrected chi connectivity index (χ1v) is 7.74. The monoisotopic (exact) mass is 327 g/mol. The molecule has 1 fully saturated rings. The van der Waals surface area contributed by atoms with Gasteiger partial charge in [-0.2, -0.15) is 0 Å². The Morgan fingerprint density at radius 2 is 2.18 bits per heavy atom. The number of alkyl halides is 1. The first-order valence-electron chi connectivity index (χ1n) is 7.36. The number of benzene rings is 1. The molecule has 1 aromatic carbocycles. The summed E-state index contributed by atoms with van der Waals surface area (Å²) in [6.45, 7) is 1.68. The SMILES string of the molecule is CCC(C(=O)N1CC(F)CCC1C(=O)O)c1cccc(Cl)c1. The minimum Gasteiger partial charge on any atom is -0.480 e. The van der Waals surface area contributed by atoms with Crippen molar-refractivity contribution in [1.29, 1.82) is 0 Å². The average Bonchev–Trinajstić information content (AvgIpc) is 2.47. The first kappa shape index (κ1) is 16.7. The number of rotatable bonds is 4. The lowest BCUT2D eigenvalue weighted by Crippen LogP contribution is -2.52. The number of hydrogen-bond donors (Lipinski definition) is 1. The van der Waals surface area contributed by atoms with Crippen LogP contribution in [0, 0.1) is 0 Å². The average molecular weight is 328 g/mol. The van der Waals surface area contributed by atoms with Crippen LogP contribution in [0.15, 0.2) is 24.3 Å². The van der Waals surface area contributed by atoms with Gasteiger partial charge in [0.2, 0.25) is 5.91 Å². The van der Waals surface area contributed by atoms with Crippen molar-refractivity contribution in [2.75, 3.05) is 6.54 Å². The molecular weight excluding hydrogens is 309 g/mol. The van der Waals surface area contributed by atoms with Gasteiger partial charge in [-0.05, 0) is 37.0 Å².